The minimum absolute atomic E-state index is 0.0364. The molecule has 0 radical (unpaired) electrons. The third-order valence-corrected chi connectivity index (χ3v) is 4.71. The van der Waals surface area contributed by atoms with E-state index in [4.69, 9.17) is 0 Å². The Bertz CT molecular complexity index is 586. The molecule has 1 saturated carbocycles. The molecule has 1 heterocycles. The molecule has 1 amide bonds. The lowest BCUT2D eigenvalue weighted by Crippen LogP contribution is -2.35. The van der Waals surface area contributed by atoms with Crippen LogP contribution in [0.15, 0.2) is 24.3 Å². The summed E-state index contributed by atoms with van der Waals surface area (Å²) in [5.74, 6) is -1.02. The number of carboxylic acids is 1. The first-order valence-corrected chi connectivity index (χ1v) is 7.18. The van der Waals surface area contributed by atoms with Gasteiger partial charge in [0.15, 0.2) is 0 Å². The van der Waals surface area contributed by atoms with E-state index >= 15 is 0 Å². The smallest absolute Gasteiger partial charge is 0.311 e. The van der Waals surface area contributed by atoms with Gasteiger partial charge in [0, 0.05) is 19.0 Å². The number of carbonyl (C=O) groups is 2. The highest BCUT2D eigenvalue weighted by atomic mass is 19.1. The normalized spacial score (nSPS) is 31.2. The average molecular weight is 291 g/mol. The van der Waals surface area contributed by atoms with Crippen LogP contribution in [-0.2, 0) is 9.59 Å². The van der Waals surface area contributed by atoms with E-state index in [9.17, 15) is 19.1 Å². The van der Waals surface area contributed by atoms with Crippen molar-refractivity contribution in [2.24, 2.45) is 11.3 Å². The summed E-state index contributed by atoms with van der Waals surface area (Å²) < 4.78 is 12.9. The van der Waals surface area contributed by atoms with E-state index in [1.807, 2.05) is 0 Å². The van der Waals surface area contributed by atoms with Crippen LogP contribution in [-0.4, -0.2) is 35.0 Å². The van der Waals surface area contributed by atoms with Crippen LogP contribution in [0.3, 0.4) is 0 Å². The number of halogens is 1. The summed E-state index contributed by atoms with van der Waals surface area (Å²) in [4.78, 5) is 25.3. The van der Waals surface area contributed by atoms with Gasteiger partial charge in [0.25, 0.3) is 0 Å². The zero-order valence-electron chi connectivity index (χ0n) is 11.9. The van der Waals surface area contributed by atoms with Crippen LogP contribution in [0.5, 0.6) is 0 Å². The zero-order chi connectivity index (χ0) is 15.2. The van der Waals surface area contributed by atoms with Crippen molar-refractivity contribution in [3.8, 4) is 0 Å². The van der Waals surface area contributed by atoms with Gasteiger partial charge in [-0.05, 0) is 43.4 Å². The van der Waals surface area contributed by atoms with Crippen LogP contribution in [0.2, 0.25) is 0 Å². The minimum atomic E-state index is -0.844. The predicted molar refractivity (Wildman–Crippen MR) is 74.2 cm³/mol. The second-order valence-corrected chi connectivity index (χ2v) is 6.38. The molecule has 1 aromatic carbocycles. The molecule has 4 nitrogen and oxygen atoms in total. The molecular formula is C16H18FNO3. The monoisotopic (exact) mass is 291 g/mol. The SMILES string of the molecule is C[C@]1(C(=O)O)CCN(C(=O)[C@H]2C[C@@H]2c2ccc(F)cc2)C1. The van der Waals surface area contributed by atoms with Crippen molar-refractivity contribution in [1.29, 1.82) is 0 Å². The topological polar surface area (TPSA) is 57.6 Å². The minimum Gasteiger partial charge on any atom is -0.481 e. The summed E-state index contributed by atoms with van der Waals surface area (Å²) in [6, 6.07) is 6.26. The fourth-order valence-electron chi connectivity index (χ4n) is 3.10. The Hall–Kier alpha value is -1.91. The Morgan fingerprint density at radius 1 is 1.33 bits per heavy atom. The molecule has 1 aliphatic carbocycles. The van der Waals surface area contributed by atoms with Crippen LogP contribution < -0.4 is 0 Å². The number of aliphatic carboxylic acids is 1. The average Bonchev–Trinajstić information content (AvgIpc) is 3.14. The third-order valence-electron chi connectivity index (χ3n) is 4.71. The van der Waals surface area contributed by atoms with Crippen LogP contribution in [0, 0.1) is 17.2 Å². The summed E-state index contributed by atoms with van der Waals surface area (Å²) in [7, 11) is 0. The molecule has 3 atom stereocenters. The molecule has 0 unspecified atom stereocenters. The second-order valence-electron chi connectivity index (χ2n) is 6.38. The van der Waals surface area contributed by atoms with Crippen LogP contribution >= 0.6 is 0 Å². The van der Waals surface area contributed by atoms with E-state index in [0.717, 1.165) is 12.0 Å². The van der Waals surface area contributed by atoms with Gasteiger partial charge in [0.2, 0.25) is 5.91 Å². The molecule has 112 valence electrons. The van der Waals surface area contributed by atoms with Crippen molar-refractivity contribution in [2.75, 3.05) is 13.1 Å². The van der Waals surface area contributed by atoms with Gasteiger partial charge in [0.05, 0.1) is 5.41 Å². The largest absolute Gasteiger partial charge is 0.481 e. The first-order chi connectivity index (χ1) is 9.90. The molecule has 5 heteroatoms. The van der Waals surface area contributed by atoms with Crippen LogP contribution in [0.4, 0.5) is 4.39 Å². The molecule has 2 fully saturated rings. The van der Waals surface area contributed by atoms with Crippen molar-refractivity contribution in [1.82, 2.24) is 4.90 Å². The Morgan fingerprint density at radius 2 is 2.00 bits per heavy atom. The summed E-state index contributed by atoms with van der Waals surface area (Å²) in [5, 5.41) is 9.21. The summed E-state index contributed by atoms with van der Waals surface area (Å²) in [5.41, 5.74) is 0.158. The van der Waals surface area contributed by atoms with Gasteiger partial charge in [-0.2, -0.15) is 0 Å². The lowest BCUT2D eigenvalue weighted by molar-refractivity contribution is -0.147. The van der Waals surface area contributed by atoms with Crippen molar-refractivity contribution >= 4 is 11.9 Å². The Kier molecular flexibility index (Phi) is 3.23. The van der Waals surface area contributed by atoms with E-state index in [1.165, 1.54) is 12.1 Å². The van der Waals surface area contributed by atoms with Gasteiger partial charge >= 0.3 is 5.97 Å². The van der Waals surface area contributed by atoms with E-state index in [1.54, 1.807) is 24.0 Å². The Balaban J connectivity index is 1.64. The molecule has 1 saturated heterocycles. The standard InChI is InChI=1S/C16H18FNO3/c1-16(15(20)21)6-7-18(9-16)14(19)13-8-12(13)10-2-4-11(17)5-3-10/h2-5,12-13H,6-9H2,1H3,(H,20,21)/t12-,13+,16+/m1/s1. The maximum atomic E-state index is 12.9. The van der Waals surface area contributed by atoms with Crippen molar-refractivity contribution < 1.29 is 19.1 Å². The molecule has 21 heavy (non-hydrogen) atoms. The number of carboxylic acid groups (broad SMARTS) is 1. The fourth-order valence-corrected chi connectivity index (χ4v) is 3.10. The van der Waals surface area contributed by atoms with Gasteiger partial charge in [0.1, 0.15) is 5.82 Å². The Labute approximate surface area is 122 Å². The number of nitrogens with zero attached hydrogens (tertiary/aromatic N) is 1. The summed E-state index contributed by atoms with van der Waals surface area (Å²) in [6.07, 6.45) is 1.27. The summed E-state index contributed by atoms with van der Waals surface area (Å²) >= 11 is 0. The van der Waals surface area contributed by atoms with Crippen molar-refractivity contribution in [2.45, 2.75) is 25.7 Å². The van der Waals surface area contributed by atoms with Gasteiger partial charge in [-0.1, -0.05) is 12.1 Å². The molecule has 2 aliphatic rings. The lowest BCUT2D eigenvalue weighted by Gasteiger charge is -2.20. The van der Waals surface area contributed by atoms with E-state index < -0.39 is 11.4 Å². The van der Waals surface area contributed by atoms with Gasteiger partial charge in [-0.3, -0.25) is 9.59 Å². The highest BCUT2D eigenvalue weighted by Crippen LogP contribution is 2.49. The highest BCUT2D eigenvalue weighted by Gasteiger charge is 2.49. The molecule has 0 bridgehead atoms. The third kappa shape index (κ3) is 2.52. The first-order valence-electron chi connectivity index (χ1n) is 7.18. The molecule has 1 N–H and O–H groups in total. The van der Waals surface area contributed by atoms with E-state index in [0.29, 0.717) is 13.0 Å². The van der Waals surface area contributed by atoms with Gasteiger partial charge < -0.3 is 10.0 Å². The number of carbonyl (C=O) groups excluding carboxylic acids is 1. The maximum absolute atomic E-state index is 12.9. The van der Waals surface area contributed by atoms with Crippen molar-refractivity contribution in [3.63, 3.8) is 0 Å². The second kappa shape index (κ2) is 4.83. The number of benzene rings is 1. The first kappa shape index (κ1) is 14.0. The number of hydrogen-bond acceptors (Lipinski definition) is 2. The number of rotatable bonds is 3. The molecule has 1 aliphatic heterocycles. The predicted octanol–water partition coefficient (Wildman–Crippen LogP) is 2.25. The van der Waals surface area contributed by atoms with E-state index in [2.05, 4.69) is 0 Å². The maximum Gasteiger partial charge on any atom is 0.311 e. The van der Waals surface area contributed by atoms with E-state index in [-0.39, 0.29) is 30.1 Å². The van der Waals surface area contributed by atoms with Crippen LogP contribution in [0.1, 0.15) is 31.2 Å². The molecular weight excluding hydrogens is 273 g/mol. The number of amides is 1. The Morgan fingerprint density at radius 3 is 2.57 bits per heavy atom. The molecule has 1 aromatic rings. The van der Waals surface area contributed by atoms with Crippen molar-refractivity contribution in [3.05, 3.63) is 35.6 Å². The highest BCUT2D eigenvalue weighted by molar-refractivity contribution is 5.85. The molecule has 0 spiro atoms. The number of hydrogen-bond donors (Lipinski definition) is 1. The quantitative estimate of drug-likeness (QED) is 0.929. The fraction of sp³-hybridized carbons (Fsp3) is 0.500. The lowest BCUT2D eigenvalue weighted by atomic mass is 9.90. The van der Waals surface area contributed by atoms with Crippen LogP contribution in [0.25, 0.3) is 0 Å². The number of likely N-dealkylation sites (tertiary alicyclic amines) is 1. The zero-order valence-corrected chi connectivity index (χ0v) is 11.9. The van der Waals surface area contributed by atoms with Gasteiger partial charge in [-0.15, -0.1) is 0 Å². The van der Waals surface area contributed by atoms with Gasteiger partial charge in [-0.25, -0.2) is 4.39 Å². The summed E-state index contributed by atoms with van der Waals surface area (Å²) in [6.45, 7) is 2.48. The molecule has 3 rings (SSSR count). The molecule has 0 aromatic heterocycles.